The Bertz CT molecular complexity index is 981. The minimum Gasteiger partial charge on any atom is -0.481 e. The Labute approximate surface area is 156 Å². The van der Waals surface area contributed by atoms with Crippen LogP contribution in [-0.2, 0) is 4.79 Å². The van der Waals surface area contributed by atoms with Crippen molar-refractivity contribution >= 4 is 11.9 Å². The molecule has 0 aliphatic carbocycles. The SMILES string of the molecule is O=C(O)[C@H]1CCN(C(=O)c2ccccc2-c2ncc(-c3ccccc3)o2)C1. The van der Waals surface area contributed by atoms with E-state index in [2.05, 4.69) is 4.98 Å². The summed E-state index contributed by atoms with van der Waals surface area (Å²) < 4.78 is 5.89. The molecule has 4 rings (SSSR count). The highest BCUT2D eigenvalue weighted by atomic mass is 16.4. The number of oxazole rings is 1. The van der Waals surface area contributed by atoms with Gasteiger partial charge in [-0.1, -0.05) is 42.5 Å². The third kappa shape index (κ3) is 3.33. The van der Waals surface area contributed by atoms with Crippen molar-refractivity contribution in [2.75, 3.05) is 13.1 Å². The lowest BCUT2D eigenvalue weighted by molar-refractivity contribution is -0.141. The topological polar surface area (TPSA) is 83.6 Å². The van der Waals surface area contributed by atoms with Crippen molar-refractivity contribution in [2.24, 2.45) is 5.92 Å². The monoisotopic (exact) mass is 362 g/mol. The average Bonchev–Trinajstić information content (AvgIpc) is 3.38. The molecule has 0 unspecified atom stereocenters. The number of carbonyl (C=O) groups is 2. The molecule has 27 heavy (non-hydrogen) atoms. The Morgan fingerprint density at radius 3 is 2.56 bits per heavy atom. The summed E-state index contributed by atoms with van der Waals surface area (Å²) in [5, 5.41) is 9.16. The lowest BCUT2D eigenvalue weighted by atomic mass is 10.1. The van der Waals surface area contributed by atoms with Gasteiger partial charge in [-0.15, -0.1) is 0 Å². The van der Waals surface area contributed by atoms with Gasteiger partial charge in [-0.2, -0.15) is 0 Å². The molecule has 0 saturated carbocycles. The second-order valence-electron chi connectivity index (χ2n) is 6.52. The van der Waals surface area contributed by atoms with E-state index < -0.39 is 11.9 Å². The van der Waals surface area contributed by atoms with Crippen molar-refractivity contribution in [3.05, 3.63) is 66.4 Å². The predicted octanol–water partition coefficient (Wildman–Crippen LogP) is 3.56. The number of rotatable bonds is 4. The van der Waals surface area contributed by atoms with E-state index in [0.29, 0.717) is 35.7 Å². The molecular weight excluding hydrogens is 344 g/mol. The Kier molecular flexibility index (Phi) is 4.46. The zero-order valence-corrected chi connectivity index (χ0v) is 14.5. The van der Waals surface area contributed by atoms with Gasteiger partial charge >= 0.3 is 5.97 Å². The largest absolute Gasteiger partial charge is 0.481 e. The molecule has 1 amide bonds. The normalized spacial score (nSPS) is 16.4. The Balaban J connectivity index is 1.63. The number of likely N-dealkylation sites (tertiary alicyclic amines) is 1. The van der Waals surface area contributed by atoms with Gasteiger partial charge in [0.05, 0.1) is 17.7 Å². The number of carboxylic acid groups (broad SMARTS) is 1. The molecule has 2 aromatic carbocycles. The molecule has 136 valence electrons. The van der Waals surface area contributed by atoms with E-state index >= 15 is 0 Å². The van der Waals surface area contributed by atoms with Crippen LogP contribution in [0, 0.1) is 5.92 Å². The van der Waals surface area contributed by atoms with Crippen molar-refractivity contribution < 1.29 is 19.1 Å². The smallest absolute Gasteiger partial charge is 0.308 e. The number of aliphatic carboxylic acids is 1. The second-order valence-corrected chi connectivity index (χ2v) is 6.52. The molecule has 1 fully saturated rings. The highest BCUT2D eigenvalue weighted by molar-refractivity contribution is 6.00. The van der Waals surface area contributed by atoms with Gasteiger partial charge < -0.3 is 14.4 Å². The average molecular weight is 362 g/mol. The summed E-state index contributed by atoms with van der Waals surface area (Å²) in [6.07, 6.45) is 2.11. The summed E-state index contributed by atoms with van der Waals surface area (Å²) in [4.78, 5) is 30.0. The summed E-state index contributed by atoms with van der Waals surface area (Å²) in [5.74, 6) is -0.577. The molecule has 1 aromatic heterocycles. The maximum Gasteiger partial charge on any atom is 0.308 e. The highest BCUT2D eigenvalue weighted by Crippen LogP contribution is 2.29. The van der Waals surface area contributed by atoms with Crippen LogP contribution in [0.25, 0.3) is 22.8 Å². The minimum absolute atomic E-state index is 0.200. The van der Waals surface area contributed by atoms with Crippen LogP contribution in [0.1, 0.15) is 16.8 Å². The van der Waals surface area contributed by atoms with Crippen LogP contribution in [0.15, 0.2) is 65.2 Å². The Morgan fingerprint density at radius 1 is 1.07 bits per heavy atom. The molecule has 0 bridgehead atoms. The first kappa shape index (κ1) is 17.0. The zero-order valence-electron chi connectivity index (χ0n) is 14.5. The van der Waals surface area contributed by atoms with Gasteiger partial charge in [0.1, 0.15) is 0 Å². The van der Waals surface area contributed by atoms with E-state index in [9.17, 15) is 9.59 Å². The van der Waals surface area contributed by atoms with E-state index in [0.717, 1.165) is 5.56 Å². The zero-order chi connectivity index (χ0) is 18.8. The number of carboxylic acids is 1. The van der Waals surface area contributed by atoms with Crippen molar-refractivity contribution in [2.45, 2.75) is 6.42 Å². The first-order chi connectivity index (χ1) is 13.1. The van der Waals surface area contributed by atoms with Gasteiger partial charge in [-0.05, 0) is 18.6 Å². The highest BCUT2D eigenvalue weighted by Gasteiger charge is 2.32. The van der Waals surface area contributed by atoms with E-state index in [1.807, 2.05) is 36.4 Å². The first-order valence-corrected chi connectivity index (χ1v) is 8.76. The molecule has 6 nitrogen and oxygen atoms in total. The molecule has 1 atom stereocenters. The van der Waals surface area contributed by atoms with Crippen LogP contribution in [0.3, 0.4) is 0 Å². The summed E-state index contributed by atoms with van der Waals surface area (Å²) >= 11 is 0. The van der Waals surface area contributed by atoms with Crippen LogP contribution in [0.4, 0.5) is 0 Å². The molecule has 6 heteroatoms. The second kappa shape index (κ2) is 7.07. The van der Waals surface area contributed by atoms with Gasteiger partial charge in [-0.25, -0.2) is 4.98 Å². The van der Waals surface area contributed by atoms with Crippen molar-refractivity contribution in [3.63, 3.8) is 0 Å². The van der Waals surface area contributed by atoms with Gasteiger partial charge in [0.2, 0.25) is 5.89 Å². The number of nitrogens with zero attached hydrogens (tertiary/aromatic N) is 2. The minimum atomic E-state index is -0.862. The summed E-state index contributed by atoms with van der Waals surface area (Å²) in [5.41, 5.74) is 1.97. The van der Waals surface area contributed by atoms with Crippen LogP contribution < -0.4 is 0 Å². The Morgan fingerprint density at radius 2 is 1.81 bits per heavy atom. The van der Waals surface area contributed by atoms with Crippen LogP contribution in [0.2, 0.25) is 0 Å². The summed E-state index contributed by atoms with van der Waals surface area (Å²) in [7, 11) is 0. The lowest BCUT2D eigenvalue weighted by Crippen LogP contribution is -2.30. The molecular formula is C21H18N2O4. The fourth-order valence-electron chi connectivity index (χ4n) is 3.31. The third-order valence-corrected chi connectivity index (χ3v) is 4.78. The van der Waals surface area contributed by atoms with Crippen LogP contribution in [0.5, 0.6) is 0 Å². The van der Waals surface area contributed by atoms with Crippen LogP contribution >= 0.6 is 0 Å². The number of carbonyl (C=O) groups excluding carboxylic acids is 1. The van der Waals surface area contributed by atoms with Gasteiger partial charge in [0.25, 0.3) is 5.91 Å². The number of aromatic nitrogens is 1. The standard InChI is InChI=1S/C21H18N2O4/c24-20(23-11-10-15(13-23)21(25)26)17-9-5-4-8-16(17)19-22-12-18(27-19)14-6-2-1-3-7-14/h1-9,12,15H,10-11,13H2,(H,25,26)/t15-/m0/s1. The maximum absolute atomic E-state index is 12.9. The quantitative estimate of drug-likeness (QED) is 0.767. The van der Waals surface area contributed by atoms with Crippen molar-refractivity contribution in [1.82, 2.24) is 9.88 Å². The van der Waals surface area contributed by atoms with Gasteiger partial charge in [0.15, 0.2) is 5.76 Å². The maximum atomic E-state index is 12.9. The molecule has 0 spiro atoms. The fraction of sp³-hybridized carbons (Fsp3) is 0.190. The van der Waals surface area contributed by atoms with E-state index in [-0.39, 0.29) is 12.5 Å². The van der Waals surface area contributed by atoms with Crippen LogP contribution in [-0.4, -0.2) is 40.0 Å². The molecule has 1 aliphatic heterocycles. The predicted molar refractivity (Wildman–Crippen MR) is 99.0 cm³/mol. The van der Waals surface area contributed by atoms with E-state index in [4.69, 9.17) is 9.52 Å². The molecule has 1 saturated heterocycles. The van der Waals surface area contributed by atoms with Gasteiger partial charge in [-0.3, -0.25) is 9.59 Å². The lowest BCUT2D eigenvalue weighted by Gasteiger charge is -2.17. The summed E-state index contributed by atoms with van der Waals surface area (Å²) in [6.45, 7) is 0.661. The summed E-state index contributed by atoms with van der Waals surface area (Å²) in [6, 6.07) is 16.7. The molecule has 1 aliphatic rings. The first-order valence-electron chi connectivity index (χ1n) is 8.76. The molecule has 2 heterocycles. The van der Waals surface area contributed by atoms with E-state index in [1.54, 1.807) is 29.3 Å². The number of hydrogen-bond acceptors (Lipinski definition) is 4. The third-order valence-electron chi connectivity index (χ3n) is 4.78. The molecule has 1 N–H and O–H groups in total. The van der Waals surface area contributed by atoms with E-state index in [1.165, 1.54) is 0 Å². The number of amides is 1. The fourth-order valence-corrected chi connectivity index (χ4v) is 3.31. The van der Waals surface area contributed by atoms with Gasteiger partial charge in [0, 0.05) is 24.2 Å². The van der Waals surface area contributed by atoms with Crippen molar-refractivity contribution in [3.8, 4) is 22.8 Å². The van der Waals surface area contributed by atoms with Crippen molar-refractivity contribution in [1.29, 1.82) is 0 Å². The molecule has 0 radical (unpaired) electrons. The Hall–Kier alpha value is -3.41. The number of benzene rings is 2. The molecule has 3 aromatic rings. The number of hydrogen-bond donors (Lipinski definition) is 1.